The van der Waals surface area contributed by atoms with Crippen LogP contribution in [0.3, 0.4) is 0 Å². The highest BCUT2D eigenvalue weighted by Gasteiger charge is 2.84. The van der Waals surface area contributed by atoms with Crippen LogP contribution in [0.25, 0.3) is 0 Å². The van der Waals surface area contributed by atoms with Crippen LogP contribution < -0.4 is 10.2 Å². The van der Waals surface area contributed by atoms with E-state index in [4.69, 9.17) is 9.47 Å². The lowest BCUT2D eigenvalue weighted by Crippen LogP contribution is -2.69. The second-order valence-corrected chi connectivity index (χ2v) is 9.56. The molecule has 0 aromatic heterocycles. The Hall–Kier alpha value is -2.67. The predicted molar refractivity (Wildman–Crippen MR) is 102 cm³/mol. The average Bonchev–Trinajstić information content (AvgIpc) is 3.22. The van der Waals surface area contributed by atoms with Crippen molar-refractivity contribution in [2.45, 2.75) is 44.1 Å². The number of likely N-dealkylation sites (N-methyl/N-ethyl adjacent to an activating group) is 1. The molecular weight excluding hydrogens is 372 g/mol. The van der Waals surface area contributed by atoms with Crippen molar-refractivity contribution in [3.05, 3.63) is 42.0 Å². The van der Waals surface area contributed by atoms with Crippen LogP contribution in [-0.2, 0) is 30.2 Å². The van der Waals surface area contributed by atoms with E-state index in [9.17, 15) is 14.4 Å². The zero-order valence-electron chi connectivity index (χ0n) is 16.7. The maximum atomic E-state index is 13.8. The van der Waals surface area contributed by atoms with Crippen LogP contribution >= 0.6 is 0 Å². The first-order valence-corrected chi connectivity index (χ1v) is 9.86. The van der Waals surface area contributed by atoms with Crippen LogP contribution in [0.4, 0.5) is 10.5 Å². The quantitative estimate of drug-likeness (QED) is 0.737. The number of Topliss-reactive ketones (excluding diaryl/α,β-unsaturated/α-hetero) is 1. The van der Waals surface area contributed by atoms with Crippen molar-refractivity contribution in [2.24, 2.45) is 16.7 Å². The van der Waals surface area contributed by atoms with E-state index in [2.05, 4.69) is 11.9 Å². The van der Waals surface area contributed by atoms with Gasteiger partial charge >= 0.3 is 6.09 Å². The van der Waals surface area contributed by atoms with Crippen LogP contribution in [0.15, 0.2) is 30.9 Å². The Morgan fingerprint density at radius 1 is 1.21 bits per heavy atom. The van der Waals surface area contributed by atoms with Gasteiger partial charge in [0.05, 0.1) is 11.1 Å². The number of alkyl carbamates (subject to hydrolysis) is 1. The van der Waals surface area contributed by atoms with Crippen molar-refractivity contribution in [3.63, 3.8) is 0 Å². The number of hydrogen-bond donors (Lipinski definition) is 1. The minimum Gasteiger partial charge on any atom is -0.443 e. The van der Waals surface area contributed by atoms with Crippen molar-refractivity contribution in [2.75, 3.05) is 11.9 Å². The van der Waals surface area contributed by atoms with Crippen LogP contribution in [0.5, 0.6) is 0 Å². The van der Waals surface area contributed by atoms with E-state index >= 15 is 0 Å². The molecule has 29 heavy (non-hydrogen) atoms. The van der Waals surface area contributed by atoms with E-state index in [1.807, 2.05) is 32.0 Å². The Labute approximate surface area is 168 Å². The molecule has 0 radical (unpaired) electrons. The van der Waals surface area contributed by atoms with Crippen molar-refractivity contribution >= 4 is 23.5 Å². The molecule has 150 valence electrons. The number of benzene rings is 1. The molecular formula is C22H22N2O5. The molecule has 3 bridgehead atoms. The van der Waals surface area contributed by atoms with E-state index < -0.39 is 46.2 Å². The van der Waals surface area contributed by atoms with Gasteiger partial charge in [0.2, 0.25) is 0 Å². The molecule has 1 spiro atoms. The van der Waals surface area contributed by atoms with Gasteiger partial charge in [-0.05, 0) is 18.6 Å². The van der Waals surface area contributed by atoms with Crippen LogP contribution in [0.1, 0.15) is 31.9 Å². The summed E-state index contributed by atoms with van der Waals surface area (Å²) in [6.07, 6.45) is -0.502. The maximum Gasteiger partial charge on any atom is 0.408 e. The van der Waals surface area contributed by atoms with E-state index in [-0.39, 0.29) is 11.7 Å². The van der Waals surface area contributed by atoms with Crippen molar-refractivity contribution in [1.29, 1.82) is 0 Å². The molecule has 2 amide bonds. The summed E-state index contributed by atoms with van der Waals surface area (Å²) in [5.74, 6) is -0.838. The first kappa shape index (κ1) is 17.2. The van der Waals surface area contributed by atoms with Gasteiger partial charge in [-0.25, -0.2) is 4.79 Å². The molecule has 7 nitrogen and oxygen atoms in total. The van der Waals surface area contributed by atoms with E-state index in [1.54, 1.807) is 24.9 Å². The van der Waals surface area contributed by atoms with Gasteiger partial charge in [0.1, 0.15) is 17.7 Å². The number of amides is 2. The smallest absolute Gasteiger partial charge is 0.408 e. The summed E-state index contributed by atoms with van der Waals surface area (Å²) < 4.78 is 12.4. The molecule has 6 rings (SSSR count). The number of carbonyl (C=O) groups excluding carboxylic acids is 3. The largest absolute Gasteiger partial charge is 0.443 e. The molecule has 5 aliphatic rings. The topological polar surface area (TPSA) is 84.9 Å². The first-order chi connectivity index (χ1) is 13.6. The molecule has 1 aromatic carbocycles. The van der Waals surface area contributed by atoms with Gasteiger partial charge in [-0.3, -0.25) is 9.59 Å². The van der Waals surface area contributed by atoms with E-state index in [0.717, 1.165) is 11.3 Å². The molecule has 1 aromatic rings. The second-order valence-electron chi connectivity index (χ2n) is 9.56. The lowest BCUT2D eigenvalue weighted by atomic mass is 9.52. The Bertz CT molecular complexity index is 1080. The highest BCUT2D eigenvalue weighted by molar-refractivity contribution is 6.10. The van der Waals surface area contributed by atoms with Gasteiger partial charge in [-0.1, -0.05) is 32.1 Å². The zero-order valence-corrected chi connectivity index (χ0v) is 16.7. The number of rotatable bonds is 1. The fourth-order valence-electron chi connectivity index (χ4n) is 6.95. The van der Waals surface area contributed by atoms with Crippen LogP contribution in [0.2, 0.25) is 0 Å². The third-order valence-electron chi connectivity index (χ3n) is 8.44. The summed E-state index contributed by atoms with van der Waals surface area (Å²) in [6, 6.07) is 5.61. The Balaban J connectivity index is 1.87. The number of ketones is 1. The summed E-state index contributed by atoms with van der Waals surface area (Å²) in [7, 11) is 1.73. The van der Waals surface area contributed by atoms with Crippen LogP contribution in [0, 0.1) is 16.7 Å². The predicted octanol–water partition coefficient (Wildman–Crippen LogP) is 1.99. The van der Waals surface area contributed by atoms with E-state index in [1.165, 1.54) is 0 Å². The minimum absolute atomic E-state index is 0.178. The molecule has 6 atom stereocenters. The highest BCUT2D eigenvalue weighted by atomic mass is 16.6. The van der Waals surface area contributed by atoms with Gasteiger partial charge < -0.3 is 19.7 Å². The van der Waals surface area contributed by atoms with Gasteiger partial charge in [0, 0.05) is 23.9 Å². The van der Waals surface area contributed by atoms with Gasteiger partial charge in [-0.2, -0.15) is 0 Å². The van der Waals surface area contributed by atoms with Crippen molar-refractivity contribution < 1.29 is 23.9 Å². The molecule has 1 N–H and O–H groups in total. The van der Waals surface area contributed by atoms with E-state index in [0.29, 0.717) is 5.56 Å². The fourth-order valence-corrected chi connectivity index (χ4v) is 6.95. The molecule has 2 aliphatic carbocycles. The summed E-state index contributed by atoms with van der Waals surface area (Å²) in [5, 5.41) is 3.01. The Kier molecular flexibility index (Phi) is 2.62. The molecule has 3 fully saturated rings. The molecule has 1 saturated carbocycles. The standard InChI is InChI=1S/C22H22N2O5/c1-6-20(4)15(25)14-13-16-21(20,23-18(27)28-16)10-8-7-9-11-12(10)22(29-14,19(13,2)3)17(26)24(11)5/h6-9,13-14,16H,1H2,2-5H3,(H,23,27)/t13-,14?,16?,20+,21-,22?/m0/s1. The van der Waals surface area contributed by atoms with Gasteiger partial charge in [0.25, 0.3) is 5.91 Å². The zero-order chi connectivity index (χ0) is 20.7. The second kappa shape index (κ2) is 4.41. The average molecular weight is 394 g/mol. The SMILES string of the molecule is C=C[C@]1(C)C(=O)C2OC34C(=O)N(C)c5cccc(c53)[C@@]13NC(=O)OC3[C@H]2C4(C)C. The van der Waals surface area contributed by atoms with Crippen molar-refractivity contribution in [3.8, 4) is 0 Å². The number of anilines is 1. The maximum absolute atomic E-state index is 13.8. The lowest BCUT2D eigenvalue weighted by Gasteiger charge is -2.53. The van der Waals surface area contributed by atoms with Crippen LogP contribution in [-0.4, -0.2) is 37.0 Å². The van der Waals surface area contributed by atoms with Gasteiger partial charge in [-0.15, -0.1) is 6.58 Å². The number of carbonyl (C=O) groups is 3. The summed E-state index contributed by atoms with van der Waals surface area (Å²) in [5.41, 5.74) is -2.21. The summed E-state index contributed by atoms with van der Waals surface area (Å²) in [4.78, 5) is 41.7. The Morgan fingerprint density at radius 3 is 2.62 bits per heavy atom. The number of hydrogen-bond acceptors (Lipinski definition) is 5. The Morgan fingerprint density at radius 2 is 1.93 bits per heavy atom. The summed E-state index contributed by atoms with van der Waals surface area (Å²) in [6.45, 7) is 9.62. The number of nitrogens with zero attached hydrogens (tertiary/aromatic N) is 1. The number of ether oxygens (including phenoxy) is 2. The first-order valence-electron chi connectivity index (χ1n) is 9.86. The lowest BCUT2D eigenvalue weighted by molar-refractivity contribution is -0.168. The molecule has 2 saturated heterocycles. The molecule has 3 heterocycles. The van der Waals surface area contributed by atoms with Gasteiger partial charge in [0.15, 0.2) is 11.4 Å². The highest BCUT2D eigenvalue weighted by Crippen LogP contribution is 2.73. The molecule has 7 heteroatoms. The number of nitrogens with one attached hydrogen (secondary N) is 1. The fraction of sp³-hybridized carbons (Fsp3) is 0.500. The minimum atomic E-state index is -1.30. The molecule has 3 unspecified atom stereocenters. The third-order valence-corrected chi connectivity index (χ3v) is 8.44. The van der Waals surface area contributed by atoms with Crippen molar-refractivity contribution in [1.82, 2.24) is 5.32 Å². The summed E-state index contributed by atoms with van der Waals surface area (Å²) >= 11 is 0. The molecule has 3 aliphatic heterocycles. The normalized spacial score (nSPS) is 44.9. The monoisotopic (exact) mass is 394 g/mol. The third kappa shape index (κ3) is 1.32.